The first-order valence-electron chi connectivity index (χ1n) is 8.25. The Morgan fingerprint density at radius 2 is 2.12 bits per heavy atom. The van der Waals surface area contributed by atoms with Crippen LogP contribution >= 0.6 is 0 Å². The molecule has 0 radical (unpaired) electrons. The Morgan fingerprint density at radius 3 is 2.84 bits per heavy atom. The molecule has 7 heteroatoms. The summed E-state index contributed by atoms with van der Waals surface area (Å²) in [6, 6.07) is 6.94. The number of aryl methyl sites for hydroxylation is 2. The predicted molar refractivity (Wildman–Crippen MR) is 94.8 cm³/mol. The highest BCUT2D eigenvalue weighted by atomic mass is 16.5. The maximum absolute atomic E-state index is 11.4. The van der Waals surface area contributed by atoms with E-state index in [1.165, 1.54) is 0 Å². The Morgan fingerprint density at radius 1 is 1.32 bits per heavy atom. The topological polar surface area (TPSA) is 102 Å². The van der Waals surface area contributed by atoms with Crippen molar-refractivity contribution in [3.8, 4) is 0 Å². The summed E-state index contributed by atoms with van der Waals surface area (Å²) in [6.07, 6.45) is 0.858. The third kappa shape index (κ3) is 3.71. The van der Waals surface area contributed by atoms with E-state index in [1.807, 2.05) is 26.0 Å². The van der Waals surface area contributed by atoms with Crippen molar-refractivity contribution in [3.63, 3.8) is 0 Å². The maximum atomic E-state index is 11.4. The lowest BCUT2D eigenvalue weighted by atomic mass is 9.97. The molecule has 1 unspecified atom stereocenters. The van der Waals surface area contributed by atoms with Crippen LogP contribution in [0.15, 0.2) is 24.3 Å². The van der Waals surface area contributed by atoms with Gasteiger partial charge in [-0.3, -0.25) is 0 Å². The van der Waals surface area contributed by atoms with Crippen LogP contribution in [-0.2, 0) is 4.74 Å². The van der Waals surface area contributed by atoms with Gasteiger partial charge in [0.25, 0.3) is 0 Å². The highest BCUT2D eigenvalue weighted by Crippen LogP contribution is 2.31. The molecule has 1 aromatic heterocycles. The highest BCUT2D eigenvalue weighted by molar-refractivity contribution is 5.88. The lowest BCUT2D eigenvalue weighted by molar-refractivity contribution is 0.0696. The number of nitrogens with two attached hydrogens (primary N) is 1. The molecule has 0 amide bonds. The number of carbonyl (C=O) groups is 1. The largest absolute Gasteiger partial charge is 0.478 e. The van der Waals surface area contributed by atoms with Crippen LogP contribution in [0.2, 0.25) is 0 Å². The molecule has 1 fully saturated rings. The molecular weight excluding hydrogens is 320 g/mol. The van der Waals surface area contributed by atoms with Crippen LogP contribution < -0.4 is 10.6 Å². The van der Waals surface area contributed by atoms with Crippen LogP contribution in [0, 0.1) is 13.8 Å². The van der Waals surface area contributed by atoms with Crippen LogP contribution in [0.4, 0.5) is 11.8 Å². The van der Waals surface area contributed by atoms with Gasteiger partial charge < -0.3 is 20.5 Å². The van der Waals surface area contributed by atoms with Gasteiger partial charge >= 0.3 is 5.97 Å². The molecule has 2 aromatic rings. The molecule has 1 saturated heterocycles. The summed E-state index contributed by atoms with van der Waals surface area (Å²) in [4.78, 5) is 22.0. The number of carboxylic acids is 1. The summed E-state index contributed by atoms with van der Waals surface area (Å²) in [7, 11) is 0. The van der Waals surface area contributed by atoms with Crippen molar-refractivity contribution in [2.24, 2.45) is 0 Å². The summed E-state index contributed by atoms with van der Waals surface area (Å²) >= 11 is 0. The molecule has 1 atom stereocenters. The van der Waals surface area contributed by atoms with Gasteiger partial charge in [-0.25, -0.2) is 9.78 Å². The van der Waals surface area contributed by atoms with Crippen LogP contribution in [0.1, 0.15) is 39.6 Å². The quantitative estimate of drug-likeness (QED) is 0.882. The second kappa shape index (κ2) is 7.06. The number of ether oxygens (including phenoxy) is 1. The SMILES string of the molecule is Cc1cc(N2CCCOCC2c2cc(C(=O)O)ccc2C)nc(N)n1. The first-order chi connectivity index (χ1) is 12.0. The third-order valence-electron chi connectivity index (χ3n) is 4.38. The zero-order valence-electron chi connectivity index (χ0n) is 14.4. The van der Waals surface area contributed by atoms with Crippen molar-refractivity contribution in [1.82, 2.24) is 9.97 Å². The van der Waals surface area contributed by atoms with Gasteiger partial charge in [0.15, 0.2) is 0 Å². The first kappa shape index (κ1) is 17.2. The van der Waals surface area contributed by atoms with E-state index in [0.29, 0.717) is 13.2 Å². The summed E-state index contributed by atoms with van der Waals surface area (Å²) in [6.45, 7) is 5.72. The minimum atomic E-state index is -0.940. The average Bonchev–Trinajstić information content (AvgIpc) is 2.80. The zero-order chi connectivity index (χ0) is 18.0. The summed E-state index contributed by atoms with van der Waals surface area (Å²) < 4.78 is 5.77. The molecule has 25 heavy (non-hydrogen) atoms. The summed E-state index contributed by atoms with van der Waals surface area (Å²) in [5, 5.41) is 9.33. The van der Waals surface area contributed by atoms with Crippen molar-refractivity contribution in [1.29, 1.82) is 0 Å². The van der Waals surface area contributed by atoms with E-state index < -0.39 is 5.97 Å². The zero-order valence-corrected chi connectivity index (χ0v) is 14.4. The summed E-state index contributed by atoms with van der Waals surface area (Å²) in [5.41, 5.74) is 8.83. The molecule has 3 N–H and O–H groups in total. The fourth-order valence-electron chi connectivity index (χ4n) is 3.16. The highest BCUT2D eigenvalue weighted by Gasteiger charge is 2.27. The van der Waals surface area contributed by atoms with Gasteiger partial charge in [-0.1, -0.05) is 6.07 Å². The number of hydrogen-bond acceptors (Lipinski definition) is 6. The van der Waals surface area contributed by atoms with E-state index in [2.05, 4.69) is 14.9 Å². The molecule has 1 aromatic carbocycles. The summed E-state index contributed by atoms with van der Waals surface area (Å²) in [5.74, 6) is 0.0278. The van der Waals surface area contributed by atoms with Gasteiger partial charge in [-0.15, -0.1) is 0 Å². The van der Waals surface area contributed by atoms with Crippen LogP contribution in [0.5, 0.6) is 0 Å². The van der Waals surface area contributed by atoms with Crippen molar-refractivity contribution < 1.29 is 14.6 Å². The number of aromatic carboxylic acids is 1. The van der Waals surface area contributed by atoms with Gasteiger partial charge in [0.05, 0.1) is 18.2 Å². The number of hydrogen-bond donors (Lipinski definition) is 2. The van der Waals surface area contributed by atoms with E-state index >= 15 is 0 Å². The predicted octanol–water partition coefficient (Wildman–Crippen LogP) is 2.34. The van der Waals surface area contributed by atoms with Crippen LogP contribution in [-0.4, -0.2) is 40.8 Å². The van der Waals surface area contributed by atoms with Crippen molar-refractivity contribution >= 4 is 17.7 Å². The molecule has 0 spiro atoms. The second-order valence-electron chi connectivity index (χ2n) is 6.24. The number of rotatable bonds is 3. The van der Waals surface area contributed by atoms with Gasteiger partial charge in [0, 0.05) is 24.9 Å². The maximum Gasteiger partial charge on any atom is 0.335 e. The molecular formula is C18H22N4O3. The number of carboxylic acid groups (broad SMARTS) is 1. The molecule has 1 aliphatic heterocycles. The minimum absolute atomic E-state index is 0.129. The number of nitrogens with zero attached hydrogens (tertiary/aromatic N) is 3. The van der Waals surface area contributed by atoms with E-state index in [9.17, 15) is 9.90 Å². The second-order valence-corrected chi connectivity index (χ2v) is 6.24. The Labute approximate surface area is 146 Å². The molecule has 0 aliphatic carbocycles. The average molecular weight is 342 g/mol. The van der Waals surface area contributed by atoms with Gasteiger partial charge in [-0.05, 0) is 43.5 Å². The molecule has 3 rings (SSSR count). The van der Waals surface area contributed by atoms with Gasteiger partial charge in [-0.2, -0.15) is 4.98 Å². The van der Waals surface area contributed by atoms with Crippen molar-refractivity contribution in [2.45, 2.75) is 26.3 Å². The lowest BCUT2D eigenvalue weighted by Crippen LogP contribution is -2.32. The molecule has 0 bridgehead atoms. The van der Waals surface area contributed by atoms with Crippen LogP contribution in [0.25, 0.3) is 0 Å². The standard InChI is InChI=1S/C18H22N4O3/c1-11-4-5-13(17(23)24)9-14(11)15-10-25-7-3-6-22(15)16-8-12(2)20-18(19)21-16/h4-5,8-9,15H,3,6-7,10H2,1-2H3,(H,23,24)(H2,19,20,21). The molecule has 1 aliphatic rings. The fraction of sp³-hybridized carbons (Fsp3) is 0.389. The molecule has 2 heterocycles. The minimum Gasteiger partial charge on any atom is -0.478 e. The Hall–Kier alpha value is -2.67. The Bertz CT molecular complexity index is 774. The number of nitrogen functional groups attached to an aromatic ring is 1. The number of anilines is 2. The Kier molecular flexibility index (Phi) is 4.85. The smallest absolute Gasteiger partial charge is 0.335 e. The molecule has 0 saturated carbocycles. The Balaban J connectivity index is 2.07. The monoisotopic (exact) mass is 342 g/mol. The molecule has 132 valence electrons. The third-order valence-corrected chi connectivity index (χ3v) is 4.38. The number of benzene rings is 1. The van der Waals surface area contributed by atoms with Gasteiger partial charge in [0.1, 0.15) is 5.82 Å². The van der Waals surface area contributed by atoms with E-state index in [4.69, 9.17) is 10.5 Å². The van der Waals surface area contributed by atoms with Crippen molar-refractivity contribution in [3.05, 3.63) is 46.6 Å². The van der Waals surface area contributed by atoms with Crippen LogP contribution in [0.3, 0.4) is 0 Å². The van der Waals surface area contributed by atoms with Crippen molar-refractivity contribution in [2.75, 3.05) is 30.4 Å². The van der Waals surface area contributed by atoms with Gasteiger partial charge in [0.2, 0.25) is 5.95 Å². The van der Waals surface area contributed by atoms with E-state index in [0.717, 1.165) is 35.6 Å². The molecule has 7 nitrogen and oxygen atoms in total. The first-order valence-corrected chi connectivity index (χ1v) is 8.25. The normalized spacial score (nSPS) is 18.0. The number of aromatic nitrogens is 2. The van der Waals surface area contributed by atoms with E-state index in [-0.39, 0.29) is 17.6 Å². The fourth-order valence-corrected chi connectivity index (χ4v) is 3.16. The lowest BCUT2D eigenvalue weighted by Gasteiger charge is -2.32. The van der Waals surface area contributed by atoms with E-state index in [1.54, 1.807) is 12.1 Å².